The van der Waals surface area contributed by atoms with Crippen LogP contribution in [0.3, 0.4) is 0 Å². The predicted octanol–water partition coefficient (Wildman–Crippen LogP) is 1.37. The number of hydrogen-bond acceptors (Lipinski definition) is 3. The molecule has 0 bridgehead atoms. The number of carboxylic acid groups (broad SMARTS) is 1. The fourth-order valence-corrected chi connectivity index (χ4v) is 1.95. The average molecular weight is 287 g/mol. The Morgan fingerprint density at radius 1 is 1.15 bits per heavy atom. The highest BCUT2D eigenvalue weighted by Gasteiger charge is 2.21. The fourth-order valence-electron chi connectivity index (χ4n) is 1.95. The van der Waals surface area contributed by atoms with Gasteiger partial charge < -0.3 is 20.6 Å². The fraction of sp³-hybridized carbons (Fsp3) is 0.857. The lowest BCUT2D eigenvalue weighted by Gasteiger charge is -2.20. The molecule has 0 aliphatic rings. The summed E-state index contributed by atoms with van der Waals surface area (Å²) in [5.41, 5.74) is 0. The summed E-state index contributed by atoms with van der Waals surface area (Å²) < 4.78 is 0. The number of carbonyl (C=O) groups is 2. The first-order valence-electron chi connectivity index (χ1n) is 7.39. The first kappa shape index (κ1) is 18.7. The second kappa shape index (κ2) is 10.5. The lowest BCUT2D eigenvalue weighted by molar-refractivity contribution is -0.142. The van der Waals surface area contributed by atoms with Crippen molar-refractivity contribution in [3.05, 3.63) is 0 Å². The number of carbonyl (C=O) groups excluding carboxylic acids is 1. The van der Waals surface area contributed by atoms with Crippen LogP contribution in [-0.4, -0.2) is 54.7 Å². The van der Waals surface area contributed by atoms with Gasteiger partial charge in [0.15, 0.2) is 0 Å². The number of nitrogens with zero attached hydrogens (tertiary/aromatic N) is 1. The minimum absolute atomic E-state index is 0.00654. The first-order valence-corrected chi connectivity index (χ1v) is 7.39. The number of likely N-dealkylation sites (N-methyl/N-ethyl adjacent to an activating group) is 1. The molecule has 6 nitrogen and oxygen atoms in total. The number of hydrogen-bond donors (Lipinski definition) is 3. The molecule has 0 radical (unpaired) electrons. The van der Waals surface area contributed by atoms with Crippen molar-refractivity contribution in [2.75, 3.05) is 32.7 Å². The number of rotatable bonds is 10. The maximum absolute atomic E-state index is 11.6. The topological polar surface area (TPSA) is 81.7 Å². The summed E-state index contributed by atoms with van der Waals surface area (Å²) in [7, 11) is 0. The standard InChI is InChI=1S/C14H29N3O3/c1-5-8-17(6-2)9-7-15-14(20)16-10-12(11(3)4)13(18)19/h11-12H,5-10H2,1-4H3,(H,18,19)(H2,15,16,20). The summed E-state index contributed by atoms with van der Waals surface area (Å²) in [6.45, 7) is 11.4. The number of aliphatic carboxylic acids is 1. The molecule has 1 unspecified atom stereocenters. The largest absolute Gasteiger partial charge is 0.481 e. The number of urea groups is 1. The number of amides is 2. The molecule has 1 atom stereocenters. The molecule has 2 amide bonds. The van der Waals surface area contributed by atoms with Crippen molar-refractivity contribution in [3.8, 4) is 0 Å². The molecule has 0 aromatic heterocycles. The second-order valence-corrected chi connectivity index (χ2v) is 5.26. The minimum atomic E-state index is -0.875. The molecule has 20 heavy (non-hydrogen) atoms. The van der Waals surface area contributed by atoms with Crippen LogP contribution in [0.25, 0.3) is 0 Å². The highest BCUT2D eigenvalue weighted by molar-refractivity contribution is 5.75. The summed E-state index contributed by atoms with van der Waals surface area (Å²) in [5, 5.41) is 14.4. The van der Waals surface area contributed by atoms with Gasteiger partial charge in [-0.2, -0.15) is 0 Å². The van der Waals surface area contributed by atoms with E-state index in [0.717, 1.165) is 26.1 Å². The van der Waals surface area contributed by atoms with Crippen LogP contribution in [0.1, 0.15) is 34.1 Å². The van der Waals surface area contributed by atoms with Gasteiger partial charge in [0.1, 0.15) is 0 Å². The van der Waals surface area contributed by atoms with Gasteiger partial charge in [0.25, 0.3) is 0 Å². The van der Waals surface area contributed by atoms with Gasteiger partial charge in [-0.05, 0) is 25.4 Å². The predicted molar refractivity (Wildman–Crippen MR) is 79.8 cm³/mol. The molecule has 0 rings (SSSR count). The molecule has 0 fully saturated rings. The Kier molecular flexibility index (Phi) is 9.80. The summed E-state index contributed by atoms with van der Waals surface area (Å²) in [4.78, 5) is 24.8. The first-order chi connectivity index (χ1) is 9.42. The molecule has 0 saturated carbocycles. The zero-order valence-electron chi connectivity index (χ0n) is 13.1. The molecule has 0 aromatic carbocycles. The van der Waals surface area contributed by atoms with Crippen LogP contribution in [0, 0.1) is 11.8 Å². The smallest absolute Gasteiger partial charge is 0.314 e. The molecule has 0 aliphatic carbocycles. The van der Waals surface area contributed by atoms with E-state index in [9.17, 15) is 9.59 Å². The Morgan fingerprint density at radius 3 is 2.25 bits per heavy atom. The van der Waals surface area contributed by atoms with Gasteiger partial charge in [-0.25, -0.2) is 4.79 Å². The molecule has 0 aromatic rings. The van der Waals surface area contributed by atoms with Crippen molar-refractivity contribution in [3.63, 3.8) is 0 Å². The monoisotopic (exact) mass is 287 g/mol. The molecule has 6 heteroatoms. The van der Waals surface area contributed by atoms with E-state index in [1.54, 1.807) is 0 Å². The highest BCUT2D eigenvalue weighted by Crippen LogP contribution is 2.09. The second-order valence-electron chi connectivity index (χ2n) is 5.26. The molecule has 118 valence electrons. The maximum Gasteiger partial charge on any atom is 0.314 e. The van der Waals surface area contributed by atoms with Crippen molar-refractivity contribution in [2.24, 2.45) is 11.8 Å². The van der Waals surface area contributed by atoms with E-state index in [0.29, 0.717) is 6.54 Å². The van der Waals surface area contributed by atoms with E-state index in [1.807, 2.05) is 13.8 Å². The van der Waals surface area contributed by atoms with Crippen LogP contribution in [0.2, 0.25) is 0 Å². The molecule has 0 aliphatic heterocycles. The van der Waals surface area contributed by atoms with Crippen molar-refractivity contribution in [1.29, 1.82) is 0 Å². The van der Waals surface area contributed by atoms with E-state index in [1.165, 1.54) is 0 Å². The van der Waals surface area contributed by atoms with Crippen LogP contribution in [-0.2, 0) is 4.79 Å². The van der Waals surface area contributed by atoms with Gasteiger partial charge in [-0.1, -0.05) is 27.7 Å². The Morgan fingerprint density at radius 2 is 1.80 bits per heavy atom. The van der Waals surface area contributed by atoms with Crippen molar-refractivity contribution in [1.82, 2.24) is 15.5 Å². The quantitative estimate of drug-likeness (QED) is 0.567. The number of carboxylic acids is 1. The SMILES string of the molecule is CCCN(CC)CCNC(=O)NCC(C(=O)O)C(C)C. The van der Waals surface area contributed by atoms with E-state index in [-0.39, 0.29) is 18.5 Å². The van der Waals surface area contributed by atoms with E-state index >= 15 is 0 Å². The zero-order chi connectivity index (χ0) is 15.5. The van der Waals surface area contributed by atoms with Gasteiger partial charge in [-0.3, -0.25) is 4.79 Å². The summed E-state index contributed by atoms with van der Waals surface area (Å²) >= 11 is 0. The molecule has 0 spiro atoms. The molecular formula is C14H29N3O3. The molecule has 3 N–H and O–H groups in total. The lowest BCUT2D eigenvalue weighted by atomic mass is 9.96. The summed E-state index contributed by atoms with van der Waals surface area (Å²) in [5.74, 6) is -1.43. The van der Waals surface area contributed by atoms with Crippen molar-refractivity contribution < 1.29 is 14.7 Å². The minimum Gasteiger partial charge on any atom is -0.481 e. The van der Waals surface area contributed by atoms with Crippen molar-refractivity contribution >= 4 is 12.0 Å². The maximum atomic E-state index is 11.6. The molecular weight excluding hydrogens is 258 g/mol. The van der Waals surface area contributed by atoms with Crippen LogP contribution >= 0.6 is 0 Å². The third kappa shape index (κ3) is 7.99. The van der Waals surface area contributed by atoms with E-state index < -0.39 is 11.9 Å². The third-order valence-corrected chi connectivity index (χ3v) is 3.31. The van der Waals surface area contributed by atoms with Crippen LogP contribution in [0.4, 0.5) is 4.79 Å². The van der Waals surface area contributed by atoms with Crippen LogP contribution in [0.15, 0.2) is 0 Å². The number of nitrogens with one attached hydrogen (secondary N) is 2. The summed E-state index contributed by atoms with van der Waals surface area (Å²) in [6, 6.07) is -0.301. The van der Waals surface area contributed by atoms with Crippen molar-refractivity contribution in [2.45, 2.75) is 34.1 Å². The Labute approximate surface area is 121 Å². The summed E-state index contributed by atoms with van der Waals surface area (Å²) in [6.07, 6.45) is 1.09. The van der Waals surface area contributed by atoms with Crippen LogP contribution in [0.5, 0.6) is 0 Å². The van der Waals surface area contributed by atoms with Gasteiger partial charge in [-0.15, -0.1) is 0 Å². The van der Waals surface area contributed by atoms with Gasteiger partial charge in [0.2, 0.25) is 0 Å². The van der Waals surface area contributed by atoms with Gasteiger partial charge >= 0.3 is 12.0 Å². The highest BCUT2D eigenvalue weighted by atomic mass is 16.4. The molecule has 0 heterocycles. The van der Waals surface area contributed by atoms with Crippen LogP contribution < -0.4 is 10.6 Å². The van der Waals surface area contributed by atoms with E-state index in [2.05, 4.69) is 29.4 Å². The Bertz CT molecular complexity index is 295. The third-order valence-electron chi connectivity index (χ3n) is 3.31. The Hall–Kier alpha value is -1.30. The van der Waals surface area contributed by atoms with Gasteiger partial charge in [0.05, 0.1) is 5.92 Å². The van der Waals surface area contributed by atoms with E-state index in [4.69, 9.17) is 5.11 Å². The Balaban J connectivity index is 3.91. The lowest BCUT2D eigenvalue weighted by Crippen LogP contribution is -2.43. The average Bonchev–Trinajstić information content (AvgIpc) is 2.37. The van der Waals surface area contributed by atoms with Gasteiger partial charge in [0, 0.05) is 19.6 Å². The normalized spacial score (nSPS) is 12.5. The molecule has 0 saturated heterocycles. The zero-order valence-corrected chi connectivity index (χ0v) is 13.1.